The third-order valence-electron chi connectivity index (χ3n) is 4.54. The molecule has 23 heavy (non-hydrogen) atoms. The van der Waals surface area contributed by atoms with Gasteiger partial charge in [0.1, 0.15) is 6.10 Å². The molecule has 2 saturated heterocycles. The second-order valence-corrected chi connectivity index (χ2v) is 6.05. The Balaban J connectivity index is 0.00000192. The molecule has 5 nitrogen and oxygen atoms in total. The molecule has 0 aromatic heterocycles. The number of morpholine rings is 1. The molecule has 0 spiro atoms. The standard InChI is InChI=1S/C17H24N2O3.ClH/c20-15(13-5-2-1-3-6-13)11-14-7-4-9-19(14)17(21)16-12-18-8-10-22-16;/h1-3,5-6,14-16,18,20H,4,7-12H2;1H. The van der Waals surface area contributed by atoms with E-state index in [1.54, 1.807) is 0 Å². The van der Waals surface area contributed by atoms with Crippen LogP contribution >= 0.6 is 12.4 Å². The zero-order valence-corrected chi connectivity index (χ0v) is 14.0. The molecule has 2 fully saturated rings. The van der Waals surface area contributed by atoms with Crippen molar-refractivity contribution in [3.8, 4) is 0 Å². The zero-order valence-electron chi connectivity index (χ0n) is 13.2. The summed E-state index contributed by atoms with van der Waals surface area (Å²) in [5.41, 5.74) is 0.914. The van der Waals surface area contributed by atoms with Crippen molar-refractivity contribution in [2.24, 2.45) is 0 Å². The Hall–Kier alpha value is -1.14. The number of likely N-dealkylation sites (tertiary alicyclic amines) is 1. The summed E-state index contributed by atoms with van der Waals surface area (Å²) in [6, 6.07) is 9.76. The van der Waals surface area contributed by atoms with Crippen LogP contribution in [0, 0.1) is 0 Å². The zero-order chi connectivity index (χ0) is 15.4. The number of benzene rings is 1. The SMILES string of the molecule is Cl.O=C(C1CNCCO1)N1CCCC1CC(O)c1ccccc1. The number of carbonyl (C=O) groups excluding carboxylic acids is 1. The summed E-state index contributed by atoms with van der Waals surface area (Å²) in [5.74, 6) is 0.0648. The van der Waals surface area contributed by atoms with Gasteiger partial charge in [0.15, 0.2) is 0 Å². The lowest BCUT2D eigenvalue weighted by Crippen LogP contribution is -2.50. The molecule has 3 unspecified atom stereocenters. The fourth-order valence-electron chi connectivity index (χ4n) is 3.35. The average Bonchev–Trinajstić information content (AvgIpc) is 3.04. The third kappa shape index (κ3) is 4.44. The molecule has 1 amide bonds. The van der Waals surface area contributed by atoms with Crippen LogP contribution in [-0.2, 0) is 9.53 Å². The Bertz CT molecular complexity index is 494. The van der Waals surface area contributed by atoms with Crippen LogP contribution in [0.15, 0.2) is 30.3 Å². The van der Waals surface area contributed by atoms with Gasteiger partial charge in [-0.2, -0.15) is 0 Å². The van der Waals surface area contributed by atoms with Gasteiger partial charge in [0.25, 0.3) is 5.91 Å². The van der Waals surface area contributed by atoms with Crippen LogP contribution in [0.3, 0.4) is 0 Å². The van der Waals surface area contributed by atoms with Gasteiger partial charge in [0, 0.05) is 25.7 Å². The smallest absolute Gasteiger partial charge is 0.253 e. The Kier molecular flexibility index (Phi) is 6.84. The van der Waals surface area contributed by atoms with Crippen molar-refractivity contribution in [2.75, 3.05) is 26.2 Å². The van der Waals surface area contributed by atoms with Crippen LogP contribution in [0.1, 0.15) is 30.9 Å². The lowest BCUT2D eigenvalue weighted by molar-refractivity contribution is -0.146. The van der Waals surface area contributed by atoms with Gasteiger partial charge in [0.2, 0.25) is 0 Å². The maximum Gasteiger partial charge on any atom is 0.253 e. The molecule has 2 aliphatic rings. The van der Waals surface area contributed by atoms with Gasteiger partial charge in [0.05, 0.1) is 12.7 Å². The Labute approximate surface area is 143 Å². The molecule has 3 rings (SSSR count). The van der Waals surface area contributed by atoms with Gasteiger partial charge < -0.3 is 20.1 Å². The monoisotopic (exact) mass is 340 g/mol. The predicted octanol–water partition coefficient (Wildman–Crippen LogP) is 1.51. The van der Waals surface area contributed by atoms with E-state index in [-0.39, 0.29) is 30.5 Å². The summed E-state index contributed by atoms with van der Waals surface area (Å²) in [4.78, 5) is 14.5. The van der Waals surface area contributed by atoms with Crippen molar-refractivity contribution in [1.29, 1.82) is 0 Å². The lowest BCUT2D eigenvalue weighted by Gasteiger charge is -2.31. The Morgan fingerprint density at radius 1 is 1.39 bits per heavy atom. The Morgan fingerprint density at radius 2 is 2.17 bits per heavy atom. The summed E-state index contributed by atoms with van der Waals surface area (Å²) in [5, 5.41) is 13.6. The van der Waals surface area contributed by atoms with Crippen molar-refractivity contribution in [3.05, 3.63) is 35.9 Å². The summed E-state index contributed by atoms with van der Waals surface area (Å²) >= 11 is 0. The van der Waals surface area contributed by atoms with E-state index in [2.05, 4.69) is 5.32 Å². The molecule has 0 bridgehead atoms. The second-order valence-electron chi connectivity index (χ2n) is 6.05. The molecule has 0 aliphatic carbocycles. The molecular weight excluding hydrogens is 316 g/mol. The van der Waals surface area contributed by atoms with Crippen LogP contribution in [-0.4, -0.2) is 54.3 Å². The number of aliphatic hydroxyl groups excluding tert-OH is 1. The van der Waals surface area contributed by atoms with E-state index in [0.717, 1.165) is 31.5 Å². The largest absolute Gasteiger partial charge is 0.388 e. The number of hydrogen-bond acceptors (Lipinski definition) is 4. The van der Waals surface area contributed by atoms with Crippen molar-refractivity contribution in [2.45, 2.75) is 37.5 Å². The van der Waals surface area contributed by atoms with Crippen LogP contribution in [0.2, 0.25) is 0 Å². The molecule has 1 aromatic rings. The summed E-state index contributed by atoms with van der Waals surface area (Å²) < 4.78 is 5.57. The molecule has 1 aromatic carbocycles. The van der Waals surface area contributed by atoms with E-state index < -0.39 is 6.10 Å². The van der Waals surface area contributed by atoms with Crippen LogP contribution in [0.4, 0.5) is 0 Å². The molecule has 2 aliphatic heterocycles. The number of aliphatic hydroxyl groups is 1. The maximum atomic E-state index is 12.6. The van der Waals surface area contributed by atoms with Crippen LogP contribution in [0.5, 0.6) is 0 Å². The highest BCUT2D eigenvalue weighted by Crippen LogP contribution is 2.28. The molecule has 6 heteroatoms. The summed E-state index contributed by atoms with van der Waals surface area (Å²) in [7, 11) is 0. The molecular formula is C17H25ClN2O3. The average molecular weight is 341 g/mol. The third-order valence-corrected chi connectivity index (χ3v) is 4.54. The first-order valence-electron chi connectivity index (χ1n) is 8.11. The molecule has 3 atom stereocenters. The minimum absolute atomic E-state index is 0. The van der Waals surface area contributed by atoms with Crippen LogP contribution < -0.4 is 5.32 Å². The van der Waals surface area contributed by atoms with Gasteiger partial charge in [-0.15, -0.1) is 12.4 Å². The quantitative estimate of drug-likeness (QED) is 0.872. The topological polar surface area (TPSA) is 61.8 Å². The fourth-order valence-corrected chi connectivity index (χ4v) is 3.35. The van der Waals surface area contributed by atoms with Crippen molar-refractivity contribution >= 4 is 18.3 Å². The number of rotatable bonds is 4. The van der Waals surface area contributed by atoms with Crippen LogP contribution in [0.25, 0.3) is 0 Å². The minimum atomic E-state index is -0.523. The number of nitrogens with zero attached hydrogens (tertiary/aromatic N) is 1. The first kappa shape index (κ1) is 18.2. The van der Waals surface area contributed by atoms with Gasteiger partial charge in [-0.3, -0.25) is 4.79 Å². The van der Waals surface area contributed by atoms with Gasteiger partial charge >= 0.3 is 0 Å². The predicted molar refractivity (Wildman–Crippen MR) is 90.6 cm³/mol. The first-order chi connectivity index (χ1) is 10.8. The molecule has 128 valence electrons. The molecule has 2 heterocycles. The van der Waals surface area contributed by atoms with Gasteiger partial charge in [-0.05, 0) is 24.8 Å². The molecule has 0 saturated carbocycles. The molecule has 0 radical (unpaired) electrons. The number of halogens is 1. The van der Waals surface area contributed by atoms with E-state index in [9.17, 15) is 9.90 Å². The first-order valence-corrected chi connectivity index (χ1v) is 8.11. The number of hydrogen-bond donors (Lipinski definition) is 2. The number of ether oxygens (including phenoxy) is 1. The molecule has 2 N–H and O–H groups in total. The lowest BCUT2D eigenvalue weighted by atomic mass is 10.0. The van der Waals surface area contributed by atoms with E-state index in [1.807, 2.05) is 35.2 Å². The maximum absolute atomic E-state index is 12.6. The highest BCUT2D eigenvalue weighted by atomic mass is 35.5. The van der Waals surface area contributed by atoms with Crippen molar-refractivity contribution < 1.29 is 14.6 Å². The van der Waals surface area contributed by atoms with Crippen molar-refractivity contribution in [3.63, 3.8) is 0 Å². The fraction of sp³-hybridized carbons (Fsp3) is 0.588. The van der Waals surface area contributed by atoms with E-state index in [1.165, 1.54) is 0 Å². The highest BCUT2D eigenvalue weighted by molar-refractivity contribution is 5.85. The normalized spacial score (nSPS) is 25.7. The van der Waals surface area contributed by atoms with E-state index in [0.29, 0.717) is 19.6 Å². The van der Waals surface area contributed by atoms with Crippen molar-refractivity contribution in [1.82, 2.24) is 10.2 Å². The minimum Gasteiger partial charge on any atom is -0.388 e. The van der Waals surface area contributed by atoms with Gasteiger partial charge in [-0.25, -0.2) is 0 Å². The van der Waals surface area contributed by atoms with E-state index >= 15 is 0 Å². The number of amides is 1. The second kappa shape index (κ2) is 8.64. The summed E-state index contributed by atoms with van der Waals surface area (Å²) in [6.07, 6.45) is 1.65. The van der Waals surface area contributed by atoms with Gasteiger partial charge in [-0.1, -0.05) is 30.3 Å². The number of nitrogens with one attached hydrogen (secondary N) is 1. The number of carbonyl (C=O) groups is 1. The van der Waals surface area contributed by atoms with E-state index in [4.69, 9.17) is 4.74 Å². The highest BCUT2D eigenvalue weighted by Gasteiger charge is 2.35. The summed E-state index contributed by atoms with van der Waals surface area (Å²) in [6.45, 7) is 2.75. The Morgan fingerprint density at radius 3 is 2.87 bits per heavy atom.